The average molecular weight is 405 g/mol. The van der Waals surface area contributed by atoms with E-state index in [9.17, 15) is 23.2 Å². The normalized spacial score (nSPS) is 10.3. The molecule has 0 aliphatic heterocycles. The molecule has 1 amide bonds. The maximum Gasteiger partial charge on any atom is 0.306 e. The zero-order valence-electron chi connectivity index (χ0n) is 15.9. The first-order valence-corrected chi connectivity index (χ1v) is 9.05. The summed E-state index contributed by atoms with van der Waals surface area (Å²) in [5.74, 6) is -2.77. The number of nitrogens with one attached hydrogen (secondary N) is 1. The summed E-state index contributed by atoms with van der Waals surface area (Å²) in [6.45, 7) is 1.94. The Kier molecular flexibility index (Phi) is 8.27. The highest BCUT2D eigenvalue weighted by atomic mass is 19.1. The van der Waals surface area contributed by atoms with Crippen molar-refractivity contribution in [2.45, 2.75) is 26.2 Å². The van der Waals surface area contributed by atoms with E-state index >= 15 is 0 Å². The summed E-state index contributed by atoms with van der Waals surface area (Å²) >= 11 is 0. The van der Waals surface area contributed by atoms with Crippen molar-refractivity contribution >= 4 is 23.3 Å². The molecule has 2 aromatic rings. The number of ketones is 1. The number of carbonyl (C=O) groups is 3. The number of ether oxygens (including phenoxy) is 2. The Balaban J connectivity index is 1.73. The van der Waals surface area contributed by atoms with Crippen LogP contribution in [0.2, 0.25) is 0 Å². The molecule has 1 N–H and O–H groups in total. The molecular formula is C21H21F2NO5. The molecule has 2 aromatic carbocycles. The Bertz CT molecular complexity index is 848. The third kappa shape index (κ3) is 7.69. The summed E-state index contributed by atoms with van der Waals surface area (Å²) in [5.41, 5.74) is 0.345. The van der Waals surface area contributed by atoms with Crippen LogP contribution in [0.1, 0.15) is 36.5 Å². The van der Waals surface area contributed by atoms with Crippen LogP contribution in [0.15, 0.2) is 42.5 Å². The predicted molar refractivity (Wildman–Crippen MR) is 102 cm³/mol. The molecule has 0 heterocycles. The fraction of sp³-hybridized carbons (Fsp3) is 0.286. The molecule has 29 heavy (non-hydrogen) atoms. The van der Waals surface area contributed by atoms with Crippen LogP contribution < -0.4 is 10.1 Å². The first-order valence-electron chi connectivity index (χ1n) is 9.05. The molecule has 0 saturated carbocycles. The topological polar surface area (TPSA) is 81.7 Å². The van der Waals surface area contributed by atoms with Crippen LogP contribution in [0.25, 0.3) is 0 Å². The highest BCUT2D eigenvalue weighted by Crippen LogP contribution is 2.15. The molecule has 0 saturated heterocycles. The molecule has 0 atom stereocenters. The monoisotopic (exact) mass is 405 g/mol. The number of benzene rings is 2. The first kappa shape index (κ1) is 22.0. The zero-order chi connectivity index (χ0) is 21.2. The molecule has 6 nitrogen and oxygen atoms in total. The molecule has 0 aromatic heterocycles. The molecular weight excluding hydrogens is 384 g/mol. The van der Waals surface area contributed by atoms with Crippen molar-refractivity contribution in [1.82, 2.24) is 0 Å². The van der Waals surface area contributed by atoms with Crippen LogP contribution in [0.4, 0.5) is 14.5 Å². The molecule has 0 aliphatic rings. The van der Waals surface area contributed by atoms with Gasteiger partial charge in [-0.2, -0.15) is 0 Å². The maximum atomic E-state index is 13.1. The van der Waals surface area contributed by atoms with Gasteiger partial charge < -0.3 is 14.8 Å². The van der Waals surface area contributed by atoms with Gasteiger partial charge in [0.15, 0.2) is 12.4 Å². The lowest BCUT2D eigenvalue weighted by Gasteiger charge is -2.07. The van der Waals surface area contributed by atoms with E-state index in [0.717, 1.165) is 18.6 Å². The fourth-order valence-electron chi connectivity index (χ4n) is 2.36. The average Bonchev–Trinajstić information content (AvgIpc) is 2.68. The Morgan fingerprint density at radius 1 is 0.966 bits per heavy atom. The van der Waals surface area contributed by atoms with Gasteiger partial charge in [-0.05, 0) is 42.8 Å². The summed E-state index contributed by atoms with van der Waals surface area (Å²) in [6.07, 6.45) is 0.597. The number of hydrogen-bond acceptors (Lipinski definition) is 5. The second-order valence-electron chi connectivity index (χ2n) is 6.16. The van der Waals surface area contributed by atoms with Crippen molar-refractivity contribution in [3.05, 3.63) is 59.7 Å². The van der Waals surface area contributed by atoms with Gasteiger partial charge in [-0.25, -0.2) is 8.78 Å². The number of anilines is 1. The Morgan fingerprint density at radius 2 is 1.62 bits per heavy atom. The minimum absolute atomic E-state index is 0.0786. The molecule has 154 valence electrons. The van der Waals surface area contributed by atoms with Gasteiger partial charge in [-0.1, -0.05) is 6.92 Å². The van der Waals surface area contributed by atoms with Crippen molar-refractivity contribution in [2.24, 2.45) is 0 Å². The first-order chi connectivity index (χ1) is 13.9. The highest BCUT2D eigenvalue weighted by molar-refractivity contribution is 5.98. The van der Waals surface area contributed by atoms with Gasteiger partial charge in [-0.15, -0.1) is 0 Å². The van der Waals surface area contributed by atoms with E-state index < -0.39 is 30.1 Å². The molecule has 8 heteroatoms. The van der Waals surface area contributed by atoms with Gasteiger partial charge in [0, 0.05) is 23.7 Å². The fourth-order valence-corrected chi connectivity index (χ4v) is 2.36. The largest absolute Gasteiger partial charge is 0.494 e. The molecule has 0 spiro atoms. The molecule has 0 fully saturated rings. The standard InChI is InChI=1S/C21H21F2NO5/c1-2-9-28-18-5-3-14(4-6-18)19(25)7-8-21(27)29-13-20(26)24-17-11-15(22)10-16(23)12-17/h3-6,10-12H,2,7-9,13H2,1H3,(H,24,26). The molecule has 2 rings (SSSR count). The number of esters is 1. The lowest BCUT2D eigenvalue weighted by atomic mass is 10.1. The number of rotatable bonds is 10. The Morgan fingerprint density at radius 3 is 2.24 bits per heavy atom. The number of Topliss-reactive ketones (excluding diaryl/α,β-unsaturated/α-hetero) is 1. The van der Waals surface area contributed by atoms with E-state index in [0.29, 0.717) is 24.0 Å². The van der Waals surface area contributed by atoms with Gasteiger partial charge in [0.2, 0.25) is 0 Å². The van der Waals surface area contributed by atoms with Crippen molar-refractivity contribution in [3.8, 4) is 5.75 Å². The van der Waals surface area contributed by atoms with Gasteiger partial charge in [0.25, 0.3) is 5.91 Å². The van der Waals surface area contributed by atoms with Gasteiger partial charge in [0.05, 0.1) is 13.0 Å². The van der Waals surface area contributed by atoms with Crippen molar-refractivity contribution in [3.63, 3.8) is 0 Å². The smallest absolute Gasteiger partial charge is 0.306 e. The summed E-state index contributed by atoms with van der Waals surface area (Å²) in [4.78, 5) is 35.5. The van der Waals surface area contributed by atoms with E-state index in [2.05, 4.69) is 5.32 Å². The minimum atomic E-state index is -0.847. The molecule has 0 bridgehead atoms. The zero-order valence-corrected chi connectivity index (χ0v) is 15.9. The van der Waals surface area contributed by atoms with E-state index in [1.807, 2.05) is 6.92 Å². The molecule has 0 radical (unpaired) electrons. The number of amides is 1. The SMILES string of the molecule is CCCOc1ccc(C(=O)CCC(=O)OCC(=O)Nc2cc(F)cc(F)c2)cc1. The van der Waals surface area contributed by atoms with E-state index in [-0.39, 0.29) is 24.3 Å². The van der Waals surface area contributed by atoms with Crippen LogP contribution >= 0.6 is 0 Å². The van der Waals surface area contributed by atoms with Gasteiger partial charge in [-0.3, -0.25) is 14.4 Å². The van der Waals surface area contributed by atoms with E-state index in [4.69, 9.17) is 9.47 Å². The summed E-state index contributed by atoms with van der Waals surface area (Å²) in [5, 5.41) is 2.21. The predicted octanol–water partition coefficient (Wildman–Crippen LogP) is 3.90. The quantitative estimate of drug-likeness (QED) is 0.479. The maximum absolute atomic E-state index is 13.1. The summed E-state index contributed by atoms with van der Waals surface area (Å²) in [6, 6.07) is 9.12. The number of hydrogen-bond donors (Lipinski definition) is 1. The Labute approximate surface area is 166 Å². The van der Waals surface area contributed by atoms with E-state index in [1.54, 1.807) is 24.3 Å². The van der Waals surface area contributed by atoms with Crippen LogP contribution in [-0.2, 0) is 14.3 Å². The number of halogens is 2. The second kappa shape index (κ2) is 10.9. The lowest BCUT2D eigenvalue weighted by Crippen LogP contribution is -2.21. The van der Waals surface area contributed by atoms with Crippen LogP contribution in [0, 0.1) is 11.6 Å². The van der Waals surface area contributed by atoms with Crippen molar-refractivity contribution < 1.29 is 32.6 Å². The number of carbonyl (C=O) groups excluding carboxylic acids is 3. The third-order valence-corrected chi connectivity index (χ3v) is 3.72. The second-order valence-corrected chi connectivity index (χ2v) is 6.16. The van der Waals surface area contributed by atoms with Crippen molar-refractivity contribution in [2.75, 3.05) is 18.5 Å². The third-order valence-electron chi connectivity index (χ3n) is 3.72. The van der Waals surface area contributed by atoms with Crippen LogP contribution in [0.5, 0.6) is 5.75 Å². The van der Waals surface area contributed by atoms with Crippen molar-refractivity contribution in [1.29, 1.82) is 0 Å². The molecule has 0 unspecified atom stereocenters. The highest BCUT2D eigenvalue weighted by Gasteiger charge is 2.13. The van der Waals surface area contributed by atoms with Crippen LogP contribution in [-0.4, -0.2) is 30.9 Å². The van der Waals surface area contributed by atoms with E-state index in [1.165, 1.54) is 0 Å². The minimum Gasteiger partial charge on any atom is -0.494 e. The molecule has 0 aliphatic carbocycles. The summed E-state index contributed by atoms with van der Waals surface area (Å²) in [7, 11) is 0. The lowest BCUT2D eigenvalue weighted by molar-refractivity contribution is -0.147. The van der Waals surface area contributed by atoms with Gasteiger partial charge in [0.1, 0.15) is 17.4 Å². The van der Waals surface area contributed by atoms with Gasteiger partial charge >= 0.3 is 5.97 Å². The van der Waals surface area contributed by atoms with Crippen LogP contribution in [0.3, 0.4) is 0 Å². The summed E-state index contributed by atoms with van der Waals surface area (Å²) < 4.78 is 36.3. The Hall–Kier alpha value is -3.29.